The number of rotatable bonds is 6. The predicted molar refractivity (Wildman–Crippen MR) is 99.9 cm³/mol. The first-order valence-corrected chi connectivity index (χ1v) is 9.12. The van der Waals surface area contributed by atoms with E-state index in [4.69, 9.17) is 0 Å². The smallest absolute Gasteiger partial charge is 0.254 e. The standard InChI is InChI=1S/C20H23N5O2/c1-24-12-16(9-21-24)19(15-7-18(26)8-15)23-20(27)17-10-22-25(13-17)11-14-5-3-2-4-6-14/h2-6,9-10,12-13,15,18-19,26H,7-8,11H2,1H3,(H,23,27)/t15?,18?,19-/m1/s1. The van der Waals surface area contributed by atoms with Gasteiger partial charge in [-0.2, -0.15) is 10.2 Å². The van der Waals surface area contributed by atoms with Crippen molar-refractivity contribution >= 4 is 5.91 Å². The molecular weight excluding hydrogens is 342 g/mol. The lowest BCUT2D eigenvalue weighted by Crippen LogP contribution is -2.41. The van der Waals surface area contributed by atoms with Gasteiger partial charge in [-0.3, -0.25) is 14.2 Å². The Morgan fingerprint density at radius 2 is 2.00 bits per heavy atom. The summed E-state index contributed by atoms with van der Waals surface area (Å²) in [5.41, 5.74) is 2.61. The lowest BCUT2D eigenvalue weighted by atomic mass is 9.75. The summed E-state index contributed by atoms with van der Waals surface area (Å²) in [7, 11) is 1.85. The van der Waals surface area contributed by atoms with Crippen molar-refractivity contribution in [2.24, 2.45) is 13.0 Å². The van der Waals surface area contributed by atoms with Gasteiger partial charge in [0.25, 0.3) is 5.91 Å². The molecule has 1 saturated carbocycles. The Bertz CT molecular complexity index is 911. The Kier molecular flexibility index (Phi) is 4.77. The first kappa shape index (κ1) is 17.5. The average Bonchev–Trinajstić information content (AvgIpc) is 3.27. The van der Waals surface area contributed by atoms with Crippen molar-refractivity contribution in [2.45, 2.75) is 31.5 Å². The molecule has 1 fully saturated rings. The van der Waals surface area contributed by atoms with Crippen LogP contribution in [0.25, 0.3) is 0 Å². The molecule has 2 aromatic heterocycles. The fourth-order valence-electron chi connectivity index (χ4n) is 3.54. The van der Waals surface area contributed by atoms with E-state index in [1.54, 1.807) is 28.0 Å². The van der Waals surface area contributed by atoms with Gasteiger partial charge < -0.3 is 10.4 Å². The molecule has 140 valence electrons. The van der Waals surface area contributed by atoms with Crippen LogP contribution >= 0.6 is 0 Å². The number of aryl methyl sites for hydroxylation is 1. The van der Waals surface area contributed by atoms with Crippen molar-refractivity contribution < 1.29 is 9.90 Å². The van der Waals surface area contributed by atoms with Crippen molar-refractivity contribution in [3.8, 4) is 0 Å². The Hall–Kier alpha value is -2.93. The van der Waals surface area contributed by atoms with E-state index in [0.717, 1.165) is 11.1 Å². The van der Waals surface area contributed by atoms with E-state index in [1.807, 2.05) is 43.6 Å². The van der Waals surface area contributed by atoms with Gasteiger partial charge in [-0.25, -0.2) is 0 Å². The van der Waals surface area contributed by atoms with E-state index in [2.05, 4.69) is 15.5 Å². The van der Waals surface area contributed by atoms with Gasteiger partial charge in [0.05, 0.1) is 36.6 Å². The summed E-state index contributed by atoms with van der Waals surface area (Å²) in [6.07, 6.45) is 8.13. The van der Waals surface area contributed by atoms with Crippen LogP contribution in [-0.2, 0) is 13.6 Å². The maximum Gasteiger partial charge on any atom is 0.254 e. The summed E-state index contributed by atoms with van der Waals surface area (Å²) < 4.78 is 3.48. The van der Waals surface area contributed by atoms with E-state index in [-0.39, 0.29) is 24.0 Å². The van der Waals surface area contributed by atoms with E-state index < -0.39 is 0 Å². The number of nitrogens with zero attached hydrogens (tertiary/aromatic N) is 4. The normalized spacial score (nSPS) is 20.1. The molecule has 7 nitrogen and oxygen atoms in total. The minimum Gasteiger partial charge on any atom is -0.393 e. The Morgan fingerprint density at radius 1 is 1.22 bits per heavy atom. The molecule has 0 aliphatic heterocycles. The number of carbonyl (C=O) groups is 1. The Labute approximate surface area is 157 Å². The summed E-state index contributed by atoms with van der Waals surface area (Å²) in [6, 6.07) is 9.84. The van der Waals surface area contributed by atoms with Gasteiger partial charge in [-0.05, 0) is 24.3 Å². The van der Waals surface area contributed by atoms with Crippen LogP contribution in [0, 0.1) is 5.92 Å². The molecule has 2 N–H and O–H groups in total. The summed E-state index contributed by atoms with van der Waals surface area (Å²) in [5, 5.41) is 21.3. The summed E-state index contributed by atoms with van der Waals surface area (Å²) in [5.74, 6) is 0.0528. The third-order valence-electron chi connectivity index (χ3n) is 5.07. The van der Waals surface area contributed by atoms with Gasteiger partial charge in [0.15, 0.2) is 0 Å². The topological polar surface area (TPSA) is 85.0 Å². The van der Waals surface area contributed by atoms with E-state index in [0.29, 0.717) is 24.9 Å². The van der Waals surface area contributed by atoms with Crippen LogP contribution in [0.2, 0.25) is 0 Å². The predicted octanol–water partition coefficient (Wildman–Crippen LogP) is 1.91. The van der Waals surface area contributed by atoms with Crippen molar-refractivity contribution in [3.63, 3.8) is 0 Å². The molecule has 0 saturated heterocycles. The Morgan fingerprint density at radius 3 is 2.67 bits per heavy atom. The molecule has 1 aliphatic rings. The van der Waals surface area contributed by atoms with Gasteiger partial charge in [-0.15, -0.1) is 0 Å². The Balaban J connectivity index is 1.46. The van der Waals surface area contributed by atoms with Crippen molar-refractivity contribution in [1.82, 2.24) is 24.9 Å². The third-order valence-corrected chi connectivity index (χ3v) is 5.07. The number of aliphatic hydroxyl groups excluding tert-OH is 1. The SMILES string of the molecule is Cn1cc([C@H](NC(=O)c2cnn(Cc3ccccc3)c2)C2CC(O)C2)cn1. The highest BCUT2D eigenvalue weighted by Gasteiger charge is 2.36. The molecule has 2 heterocycles. The number of amides is 1. The average molecular weight is 365 g/mol. The highest BCUT2D eigenvalue weighted by Crippen LogP contribution is 2.38. The number of nitrogens with one attached hydrogen (secondary N) is 1. The molecule has 0 spiro atoms. The van der Waals surface area contributed by atoms with Crippen LogP contribution in [0.15, 0.2) is 55.1 Å². The molecule has 0 bridgehead atoms. The fourth-order valence-corrected chi connectivity index (χ4v) is 3.54. The third kappa shape index (κ3) is 3.93. The number of hydrogen-bond acceptors (Lipinski definition) is 4. The van der Waals surface area contributed by atoms with Gasteiger partial charge in [0.1, 0.15) is 0 Å². The maximum atomic E-state index is 12.8. The van der Waals surface area contributed by atoms with Crippen LogP contribution in [-0.4, -0.2) is 36.7 Å². The van der Waals surface area contributed by atoms with Gasteiger partial charge in [-0.1, -0.05) is 30.3 Å². The zero-order valence-corrected chi connectivity index (χ0v) is 15.2. The van der Waals surface area contributed by atoms with Crippen molar-refractivity contribution in [3.05, 3.63) is 71.8 Å². The van der Waals surface area contributed by atoms with E-state index >= 15 is 0 Å². The van der Waals surface area contributed by atoms with Crippen LogP contribution in [0.5, 0.6) is 0 Å². The van der Waals surface area contributed by atoms with E-state index in [9.17, 15) is 9.90 Å². The minimum absolute atomic E-state index is 0.160. The first-order valence-electron chi connectivity index (χ1n) is 9.12. The highest BCUT2D eigenvalue weighted by molar-refractivity contribution is 5.94. The molecular formula is C20H23N5O2. The van der Waals surface area contributed by atoms with Crippen LogP contribution < -0.4 is 5.32 Å². The van der Waals surface area contributed by atoms with Crippen molar-refractivity contribution in [1.29, 1.82) is 0 Å². The zero-order chi connectivity index (χ0) is 18.8. The molecule has 0 radical (unpaired) electrons. The minimum atomic E-state index is -0.278. The molecule has 1 aliphatic carbocycles. The number of hydrogen-bond donors (Lipinski definition) is 2. The number of aromatic nitrogens is 4. The van der Waals surface area contributed by atoms with Gasteiger partial charge >= 0.3 is 0 Å². The monoisotopic (exact) mass is 365 g/mol. The highest BCUT2D eigenvalue weighted by atomic mass is 16.3. The second kappa shape index (κ2) is 7.36. The van der Waals surface area contributed by atoms with Gasteiger partial charge in [0.2, 0.25) is 0 Å². The zero-order valence-electron chi connectivity index (χ0n) is 15.2. The molecule has 3 aromatic rings. The van der Waals surface area contributed by atoms with E-state index in [1.165, 1.54) is 0 Å². The number of carbonyl (C=O) groups excluding carboxylic acids is 1. The molecule has 4 rings (SSSR count). The summed E-state index contributed by atoms with van der Waals surface area (Å²) in [4.78, 5) is 12.8. The quantitative estimate of drug-likeness (QED) is 0.699. The largest absolute Gasteiger partial charge is 0.393 e. The maximum absolute atomic E-state index is 12.8. The first-order chi connectivity index (χ1) is 13.1. The molecule has 1 amide bonds. The van der Waals surface area contributed by atoms with Crippen LogP contribution in [0.1, 0.15) is 40.4 Å². The number of aliphatic hydroxyl groups is 1. The second-order valence-corrected chi connectivity index (χ2v) is 7.20. The lowest BCUT2D eigenvalue weighted by Gasteiger charge is -2.37. The molecule has 1 aromatic carbocycles. The summed E-state index contributed by atoms with van der Waals surface area (Å²) >= 11 is 0. The summed E-state index contributed by atoms with van der Waals surface area (Å²) in [6.45, 7) is 0.620. The molecule has 27 heavy (non-hydrogen) atoms. The van der Waals surface area contributed by atoms with Crippen LogP contribution in [0.3, 0.4) is 0 Å². The lowest BCUT2D eigenvalue weighted by molar-refractivity contribution is 0.0235. The van der Waals surface area contributed by atoms with Gasteiger partial charge in [0, 0.05) is 25.0 Å². The molecule has 7 heteroatoms. The van der Waals surface area contributed by atoms with Crippen LogP contribution in [0.4, 0.5) is 0 Å². The fraction of sp³-hybridized carbons (Fsp3) is 0.350. The number of benzene rings is 1. The van der Waals surface area contributed by atoms with Crippen molar-refractivity contribution in [2.75, 3.05) is 0 Å². The molecule has 0 unspecified atom stereocenters. The molecule has 1 atom stereocenters. The second-order valence-electron chi connectivity index (χ2n) is 7.20.